The number of carbonyl (C=O) groups excluding carboxylic acids is 1. The maximum Gasteiger partial charge on any atom is 0.222 e. The lowest BCUT2D eigenvalue weighted by Gasteiger charge is -2.18. The number of hydrogen-bond donors (Lipinski definition) is 2. The van der Waals surface area contributed by atoms with Crippen molar-refractivity contribution in [2.75, 3.05) is 20.3 Å². The summed E-state index contributed by atoms with van der Waals surface area (Å²) in [6, 6.07) is 0.0966. The third-order valence-electron chi connectivity index (χ3n) is 1.94. The second kappa shape index (κ2) is 7.76. The molecule has 0 spiro atoms. The monoisotopic (exact) mass is 202 g/mol. The molecule has 0 aliphatic carbocycles. The minimum absolute atomic E-state index is 0.0166. The first-order chi connectivity index (χ1) is 6.60. The van der Waals surface area contributed by atoms with Crippen LogP contribution in [0.2, 0.25) is 0 Å². The quantitative estimate of drug-likeness (QED) is 0.632. The van der Waals surface area contributed by atoms with Crippen LogP contribution in [0.25, 0.3) is 0 Å². The Balaban J connectivity index is 3.74. The minimum Gasteiger partial charge on any atom is -0.384 e. The number of carbonyl (C=O) groups is 1. The molecule has 1 unspecified atom stereocenters. The first-order valence-electron chi connectivity index (χ1n) is 5.08. The van der Waals surface area contributed by atoms with Gasteiger partial charge in [0.25, 0.3) is 0 Å². The van der Waals surface area contributed by atoms with E-state index in [1.807, 2.05) is 0 Å². The Hall–Kier alpha value is -0.610. The Labute approximate surface area is 86.2 Å². The van der Waals surface area contributed by atoms with Gasteiger partial charge in [0.05, 0.1) is 6.61 Å². The van der Waals surface area contributed by atoms with Gasteiger partial charge in [0, 0.05) is 26.1 Å². The molecule has 0 saturated heterocycles. The fraction of sp³-hybridized carbons (Fsp3) is 0.900. The summed E-state index contributed by atoms with van der Waals surface area (Å²) in [4.78, 5) is 11.3. The standard InChI is InChI=1S/C10H22N2O2/c1-8(2)6-9(7-11)12-10(13)4-5-14-3/h8-9H,4-7,11H2,1-3H3,(H,12,13). The van der Waals surface area contributed by atoms with Gasteiger partial charge in [0.1, 0.15) is 0 Å². The molecule has 4 heteroatoms. The molecule has 0 fully saturated rings. The van der Waals surface area contributed by atoms with E-state index < -0.39 is 0 Å². The number of hydrogen-bond acceptors (Lipinski definition) is 3. The number of nitrogens with one attached hydrogen (secondary N) is 1. The summed E-state index contributed by atoms with van der Waals surface area (Å²) in [5.74, 6) is 0.564. The van der Waals surface area contributed by atoms with E-state index in [4.69, 9.17) is 10.5 Å². The number of ether oxygens (including phenoxy) is 1. The predicted molar refractivity (Wildman–Crippen MR) is 56.9 cm³/mol. The number of rotatable bonds is 7. The van der Waals surface area contributed by atoms with Crippen LogP contribution < -0.4 is 11.1 Å². The highest BCUT2D eigenvalue weighted by Gasteiger charge is 2.11. The van der Waals surface area contributed by atoms with E-state index in [0.717, 1.165) is 6.42 Å². The van der Waals surface area contributed by atoms with Crippen molar-refractivity contribution in [1.82, 2.24) is 5.32 Å². The molecule has 0 aliphatic rings. The first-order valence-corrected chi connectivity index (χ1v) is 5.08. The summed E-state index contributed by atoms with van der Waals surface area (Å²) >= 11 is 0. The van der Waals surface area contributed by atoms with Gasteiger partial charge in [-0.1, -0.05) is 13.8 Å². The van der Waals surface area contributed by atoms with Crippen molar-refractivity contribution >= 4 is 5.91 Å². The zero-order valence-corrected chi connectivity index (χ0v) is 9.38. The summed E-state index contributed by atoms with van der Waals surface area (Å²) in [7, 11) is 1.59. The molecule has 0 aliphatic heterocycles. The molecule has 0 rings (SSSR count). The molecule has 0 heterocycles. The average molecular weight is 202 g/mol. The largest absolute Gasteiger partial charge is 0.384 e. The topological polar surface area (TPSA) is 64.3 Å². The van der Waals surface area contributed by atoms with E-state index in [2.05, 4.69) is 19.2 Å². The molecule has 4 nitrogen and oxygen atoms in total. The van der Waals surface area contributed by atoms with Crippen LogP contribution in [-0.4, -0.2) is 32.2 Å². The molecule has 0 aromatic heterocycles. The summed E-state index contributed by atoms with van der Waals surface area (Å²) < 4.78 is 4.82. The van der Waals surface area contributed by atoms with Gasteiger partial charge in [-0.25, -0.2) is 0 Å². The maximum absolute atomic E-state index is 11.3. The van der Waals surface area contributed by atoms with Gasteiger partial charge in [0.15, 0.2) is 0 Å². The molecule has 0 saturated carbocycles. The van der Waals surface area contributed by atoms with Crippen molar-refractivity contribution in [2.24, 2.45) is 11.7 Å². The van der Waals surface area contributed by atoms with Crippen LogP contribution in [-0.2, 0) is 9.53 Å². The zero-order valence-electron chi connectivity index (χ0n) is 9.38. The fourth-order valence-electron chi connectivity index (χ4n) is 1.28. The summed E-state index contributed by atoms with van der Waals surface area (Å²) in [6.07, 6.45) is 1.33. The van der Waals surface area contributed by atoms with Gasteiger partial charge in [-0.3, -0.25) is 4.79 Å². The second-order valence-electron chi connectivity index (χ2n) is 3.87. The van der Waals surface area contributed by atoms with Gasteiger partial charge in [-0.15, -0.1) is 0 Å². The Kier molecular flexibility index (Phi) is 7.42. The molecule has 0 aromatic carbocycles. The van der Waals surface area contributed by atoms with Crippen molar-refractivity contribution in [2.45, 2.75) is 32.7 Å². The maximum atomic E-state index is 11.3. The first kappa shape index (κ1) is 13.4. The smallest absolute Gasteiger partial charge is 0.222 e. The van der Waals surface area contributed by atoms with Gasteiger partial charge in [0.2, 0.25) is 5.91 Å². The highest BCUT2D eigenvalue weighted by Crippen LogP contribution is 2.03. The Morgan fingerprint density at radius 1 is 1.50 bits per heavy atom. The van der Waals surface area contributed by atoms with E-state index >= 15 is 0 Å². The third-order valence-corrected chi connectivity index (χ3v) is 1.94. The molecule has 84 valence electrons. The highest BCUT2D eigenvalue weighted by atomic mass is 16.5. The van der Waals surface area contributed by atoms with Gasteiger partial charge < -0.3 is 15.8 Å². The van der Waals surface area contributed by atoms with Crippen LogP contribution in [0.3, 0.4) is 0 Å². The van der Waals surface area contributed by atoms with Crippen LogP contribution >= 0.6 is 0 Å². The van der Waals surface area contributed by atoms with Crippen LogP contribution in [0.15, 0.2) is 0 Å². The van der Waals surface area contributed by atoms with Crippen molar-refractivity contribution in [3.63, 3.8) is 0 Å². The Bertz CT molecular complexity index is 160. The second-order valence-corrected chi connectivity index (χ2v) is 3.87. The highest BCUT2D eigenvalue weighted by molar-refractivity contribution is 5.76. The number of amides is 1. The Morgan fingerprint density at radius 3 is 2.57 bits per heavy atom. The fourth-order valence-corrected chi connectivity index (χ4v) is 1.28. The van der Waals surface area contributed by atoms with Crippen molar-refractivity contribution in [3.05, 3.63) is 0 Å². The average Bonchev–Trinajstić information content (AvgIpc) is 2.12. The lowest BCUT2D eigenvalue weighted by atomic mass is 10.0. The SMILES string of the molecule is COCCC(=O)NC(CN)CC(C)C. The Morgan fingerprint density at radius 2 is 2.14 bits per heavy atom. The number of nitrogens with two attached hydrogens (primary N) is 1. The molecular formula is C10H22N2O2. The summed E-state index contributed by atoms with van der Waals surface area (Å²) in [5, 5.41) is 2.89. The van der Waals surface area contributed by atoms with Crippen molar-refractivity contribution < 1.29 is 9.53 Å². The summed E-state index contributed by atoms with van der Waals surface area (Å²) in [6.45, 7) is 5.19. The van der Waals surface area contributed by atoms with Crippen molar-refractivity contribution in [1.29, 1.82) is 0 Å². The molecule has 1 atom stereocenters. The summed E-state index contributed by atoms with van der Waals surface area (Å²) in [5.41, 5.74) is 5.55. The van der Waals surface area contributed by atoms with E-state index in [9.17, 15) is 4.79 Å². The van der Waals surface area contributed by atoms with Crippen LogP contribution in [0.5, 0.6) is 0 Å². The number of methoxy groups -OCH3 is 1. The van der Waals surface area contributed by atoms with Gasteiger partial charge in [-0.05, 0) is 12.3 Å². The minimum atomic E-state index is 0.0166. The van der Waals surface area contributed by atoms with Crippen LogP contribution in [0, 0.1) is 5.92 Å². The lowest BCUT2D eigenvalue weighted by molar-refractivity contribution is -0.122. The van der Waals surface area contributed by atoms with Gasteiger partial charge in [-0.2, -0.15) is 0 Å². The normalized spacial score (nSPS) is 12.9. The molecule has 14 heavy (non-hydrogen) atoms. The molecule has 1 amide bonds. The van der Waals surface area contributed by atoms with Crippen molar-refractivity contribution in [3.8, 4) is 0 Å². The van der Waals surface area contributed by atoms with Gasteiger partial charge >= 0.3 is 0 Å². The van der Waals surface area contributed by atoms with E-state index in [-0.39, 0.29) is 11.9 Å². The molecule has 0 bridgehead atoms. The molecular weight excluding hydrogens is 180 g/mol. The van der Waals surface area contributed by atoms with E-state index in [1.54, 1.807) is 7.11 Å². The van der Waals surface area contributed by atoms with E-state index in [1.165, 1.54) is 0 Å². The predicted octanol–water partition coefficient (Wildman–Crippen LogP) is 0.513. The molecule has 3 N–H and O–H groups in total. The zero-order chi connectivity index (χ0) is 11.0. The molecule has 0 aromatic rings. The molecule has 0 radical (unpaired) electrons. The van der Waals surface area contributed by atoms with E-state index in [0.29, 0.717) is 25.5 Å². The third kappa shape index (κ3) is 6.86. The van der Waals surface area contributed by atoms with Crippen LogP contribution in [0.4, 0.5) is 0 Å². The lowest BCUT2D eigenvalue weighted by Crippen LogP contribution is -2.41. The van der Waals surface area contributed by atoms with Crippen LogP contribution in [0.1, 0.15) is 26.7 Å².